The van der Waals surface area contributed by atoms with Crippen LogP contribution in [0.4, 0.5) is 5.82 Å². The van der Waals surface area contributed by atoms with E-state index < -0.39 is 0 Å². The summed E-state index contributed by atoms with van der Waals surface area (Å²) in [6.45, 7) is 2.58. The first kappa shape index (κ1) is 14.2. The van der Waals surface area contributed by atoms with Crippen LogP contribution in [0.5, 0.6) is 5.75 Å². The molecule has 2 heterocycles. The smallest absolute Gasteiger partial charge is 0.180 e. The predicted molar refractivity (Wildman–Crippen MR) is 76.8 cm³/mol. The monoisotopic (exact) mass is 274 g/mol. The molecule has 0 saturated heterocycles. The minimum Gasteiger partial charge on any atom is -0.491 e. The number of aromatic nitrogens is 3. The van der Waals surface area contributed by atoms with E-state index in [1.54, 1.807) is 26.6 Å². The standard InChI is InChI=1S/C14H18N4O2/c1-10(9-19-2)17-14-12(20-3)8-16-13(18-14)11-6-4-5-7-15-11/h4-8,10H,9H2,1-3H3,(H,16,17,18)/t10-/m0/s1. The van der Waals surface area contributed by atoms with Gasteiger partial charge in [0.1, 0.15) is 5.69 Å². The summed E-state index contributed by atoms with van der Waals surface area (Å²) >= 11 is 0. The van der Waals surface area contributed by atoms with E-state index in [-0.39, 0.29) is 6.04 Å². The molecule has 2 aromatic heterocycles. The van der Waals surface area contributed by atoms with Crippen LogP contribution in [0.3, 0.4) is 0 Å². The van der Waals surface area contributed by atoms with E-state index in [9.17, 15) is 0 Å². The fourth-order valence-corrected chi connectivity index (χ4v) is 1.77. The first-order chi connectivity index (χ1) is 9.74. The van der Waals surface area contributed by atoms with E-state index in [2.05, 4.69) is 20.3 Å². The molecule has 6 heteroatoms. The number of anilines is 1. The lowest BCUT2D eigenvalue weighted by atomic mass is 10.3. The highest BCUT2D eigenvalue weighted by Crippen LogP contribution is 2.24. The lowest BCUT2D eigenvalue weighted by Crippen LogP contribution is -2.22. The molecule has 0 amide bonds. The number of pyridine rings is 1. The first-order valence-corrected chi connectivity index (χ1v) is 6.32. The fourth-order valence-electron chi connectivity index (χ4n) is 1.77. The van der Waals surface area contributed by atoms with Crippen molar-refractivity contribution in [2.45, 2.75) is 13.0 Å². The van der Waals surface area contributed by atoms with Crippen LogP contribution in [0.1, 0.15) is 6.92 Å². The van der Waals surface area contributed by atoms with E-state index >= 15 is 0 Å². The fraction of sp³-hybridized carbons (Fsp3) is 0.357. The minimum absolute atomic E-state index is 0.111. The summed E-state index contributed by atoms with van der Waals surface area (Å²) in [4.78, 5) is 13.0. The summed E-state index contributed by atoms with van der Waals surface area (Å²) < 4.78 is 10.4. The van der Waals surface area contributed by atoms with Gasteiger partial charge in [0, 0.05) is 19.3 Å². The van der Waals surface area contributed by atoms with E-state index in [1.165, 1.54) is 0 Å². The lowest BCUT2D eigenvalue weighted by Gasteiger charge is -2.16. The molecule has 0 saturated carbocycles. The molecule has 0 aliphatic carbocycles. The van der Waals surface area contributed by atoms with Crippen molar-refractivity contribution < 1.29 is 9.47 Å². The van der Waals surface area contributed by atoms with Crippen LogP contribution in [-0.4, -0.2) is 41.8 Å². The summed E-state index contributed by atoms with van der Waals surface area (Å²) in [7, 11) is 3.25. The molecule has 0 unspecified atom stereocenters. The van der Waals surface area contributed by atoms with Crippen LogP contribution in [0.25, 0.3) is 11.5 Å². The summed E-state index contributed by atoms with van der Waals surface area (Å²) in [6, 6.07) is 5.73. The van der Waals surface area contributed by atoms with Gasteiger partial charge in [-0.2, -0.15) is 0 Å². The van der Waals surface area contributed by atoms with Crippen molar-refractivity contribution in [2.75, 3.05) is 26.1 Å². The molecule has 0 aromatic carbocycles. The van der Waals surface area contributed by atoms with Crippen LogP contribution >= 0.6 is 0 Å². The Morgan fingerprint density at radius 3 is 2.75 bits per heavy atom. The van der Waals surface area contributed by atoms with Crippen LogP contribution in [0.2, 0.25) is 0 Å². The molecule has 0 bridgehead atoms. The molecule has 0 fully saturated rings. The molecular weight excluding hydrogens is 256 g/mol. The number of rotatable bonds is 6. The highest BCUT2D eigenvalue weighted by atomic mass is 16.5. The maximum absolute atomic E-state index is 5.27. The zero-order chi connectivity index (χ0) is 14.4. The van der Waals surface area contributed by atoms with Crippen molar-refractivity contribution in [1.82, 2.24) is 15.0 Å². The number of hydrogen-bond acceptors (Lipinski definition) is 6. The normalized spacial score (nSPS) is 11.9. The molecule has 0 aliphatic heterocycles. The van der Waals surface area contributed by atoms with Gasteiger partial charge in [-0.15, -0.1) is 0 Å². The van der Waals surface area contributed by atoms with Gasteiger partial charge in [0.05, 0.1) is 19.9 Å². The van der Waals surface area contributed by atoms with Crippen molar-refractivity contribution in [3.8, 4) is 17.3 Å². The van der Waals surface area contributed by atoms with Crippen molar-refractivity contribution in [3.63, 3.8) is 0 Å². The Hall–Kier alpha value is -2.21. The van der Waals surface area contributed by atoms with Crippen LogP contribution in [0, 0.1) is 0 Å². The highest BCUT2D eigenvalue weighted by Gasteiger charge is 2.12. The summed E-state index contributed by atoms with van der Waals surface area (Å²) in [5, 5.41) is 3.24. The first-order valence-electron chi connectivity index (χ1n) is 6.32. The molecule has 1 N–H and O–H groups in total. The number of ether oxygens (including phenoxy) is 2. The van der Waals surface area contributed by atoms with Gasteiger partial charge in [0.2, 0.25) is 0 Å². The Morgan fingerprint density at radius 2 is 2.10 bits per heavy atom. The maximum atomic E-state index is 5.27. The van der Waals surface area contributed by atoms with Gasteiger partial charge in [-0.25, -0.2) is 9.97 Å². The van der Waals surface area contributed by atoms with Gasteiger partial charge in [0.15, 0.2) is 17.4 Å². The second kappa shape index (κ2) is 6.81. The molecule has 6 nitrogen and oxygen atoms in total. The average molecular weight is 274 g/mol. The molecule has 0 spiro atoms. The van der Waals surface area contributed by atoms with Crippen molar-refractivity contribution in [1.29, 1.82) is 0 Å². The Morgan fingerprint density at radius 1 is 1.25 bits per heavy atom. The molecule has 0 radical (unpaired) electrons. The zero-order valence-corrected chi connectivity index (χ0v) is 11.8. The van der Waals surface area contributed by atoms with Crippen molar-refractivity contribution in [3.05, 3.63) is 30.6 Å². The Bertz CT molecular complexity index is 548. The van der Waals surface area contributed by atoms with Gasteiger partial charge in [-0.1, -0.05) is 6.07 Å². The minimum atomic E-state index is 0.111. The Kier molecular flexibility index (Phi) is 4.84. The van der Waals surface area contributed by atoms with Crippen LogP contribution < -0.4 is 10.1 Å². The maximum Gasteiger partial charge on any atom is 0.180 e. The van der Waals surface area contributed by atoms with Gasteiger partial charge in [-0.3, -0.25) is 4.98 Å². The van der Waals surface area contributed by atoms with E-state index in [0.29, 0.717) is 24.0 Å². The second-order valence-electron chi connectivity index (χ2n) is 4.33. The third-order valence-electron chi connectivity index (χ3n) is 2.67. The summed E-state index contributed by atoms with van der Waals surface area (Å²) in [5.41, 5.74) is 0.720. The molecule has 2 rings (SSSR count). The Labute approximate surface area is 118 Å². The van der Waals surface area contributed by atoms with Gasteiger partial charge >= 0.3 is 0 Å². The van der Waals surface area contributed by atoms with Crippen molar-refractivity contribution >= 4 is 5.82 Å². The zero-order valence-electron chi connectivity index (χ0n) is 11.8. The van der Waals surface area contributed by atoms with Crippen LogP contribution in [-0.2, 0) is 4.74 Å². The molecule has 106 valence electrons. The second-order valence-corrected chi connectivity index (χ2v) is 4.33. The molecule has 20 heavy (non-hydrogen) atoms. The number of methoxy groups -OCH3 is 2. The van der Waals surface area contributed by atoms with Gasteiger partial charge in [-0.05, 0) is 19.1 Å². The summed E-state index contributed by atoms with van der Waals surface area (Å²) in [5.74, 6) is 1.78. The van der Waals surface area contributed by atoms with Crippen molar-refractivity contribution in [2.24, 2.45) is 0 Å². The molecule has 0 aliphatic rings. The van der Waals surface area contributed by atoms with E-state index in [1.807, 2.05) is 25.1 Å². The molecular formula is C14H18N4O2. The molecule has 2 aromatic rings. The largest absolute Gasteiger partial charge is 0.491 e. The number of hydrogen-bond donors (Lipinski definition) is 1. The quantitative estimate of drug-likeness (QED) is 0.868. The topological polar surface area (TPSA) is 69.2 Å². The third kappa shape index (κ3) is 3.42. The highest BCUT2D eigenvalue weighted by molar-refractivity contribution is 5.57. The van der Waals surface area contributed by atoms with Gasteiger partial charge < -0.3 is 14.8 Å². The Balaban J connectivity index is 2.29. The van der Waals surface area contributed by atoms with Gasteiger partial charge in [0.25, 0.3) is 0 Å². The summed E-state index contributed by atoms with van der Waals surface area (Å²) in [6.07, 6.45) is 3.35. The number of nitrogens with one attached hydrogen (secondary N) is 1. The van der Waals surface area contributed by atoms with E-state index in [4.69, 9.17) is 9.47 Å². The molecule has 1 atom stereocenters. The van der Waals surface area contributed by atoms with E-state index in [0.717, 1.165) is 5.69 Å². The lowest BCUT2D eigenvalue weighted by molar-refractivity contribution is 0.190. The van der Waals surface area contributed by atoms with Crippen LogP contribution in [0.15, 0.2) is 30.6 Å². The number of nitrogens with zero attached hydrogens (tertiary/aromatic N) is 3. The average Bonchev–Trinajstić information content (AvgIpc) is 2.48. The third-order valence-corrected chi connectivity index (χ3v) is 2.67. The SMILES string of the molecule is COC[C@H](C)Nc1nc(-c2ccccn2)ncc1OC. The predicted octanol–water partition coefficient (Wildman–Crippen LogP) is 1.99.